The fourth-order valence-corrected chi connectivity index (χ4v) is 3.15. The minimum absolute atomic E-state index is 0.0413. The third-order valence-corrected chi connectivity index (χ3v) is 4.78. The van der Waals surface area contributed by atoms with Crippen molar-refractivity contribution in [1.29, 1.82) is 0 Å². The maximum atomic E-state index is 14.0. The fraction of sp³-hybridized carbons (Fsp3) is 0.238. The Hall–Kier alpha value is -2.73. The van der Waals surface area contributed by atoms with E-state index in [2.05, 4.69) is 10.3 Å². The summed E-state index contributed by atoms with van der Waals surface area (Å²) in [5, 5.41) is 3.39. The zero-order chi connectivity index (χ0) is 20.4. The SMILES string of the molecule is CC(C)C(=O)NCc1ccccc1N(C)c1cc2ccc(F)c(F)c2nc1Cl. The highest BCUT2D eigenvalue weighted by Crippen LogP contribution is 2.34. The van der Waals surface area contributed by atoms with Gasteiger partial charge in [-0.2, -0.15) is 0 Å². The van der Waals surface area contributed by atoms with Crippen molar-refractivity contribution >= 4 is 39.8 Å². The molecule has 0 aliphatic heterocycles. The molecule has 0 atom stereocenters. The van der Waals surface area contributed by atoms with Crippen LogP contribution in [-0.4, -0.2) is 17.9 Å². The summed E-state index contributed by atoms with van der Waals surface area (Å²) in [6.07, 6.45) is 0. The average molecular weight is 404 g/mol. The molecule has 1 heterocycles. The highest BCUT2D eigenvalue weighted by atomic mass is 35.5. The quantitative estimate of drug-likeness (QED) is 0.595. The topological polar surface area (TPSA) is 45.2 Å². The molecule has 1 aromatic heterocycles. The normalized spacial score (nSPS) is 11.1. The first-order valence-electron chi connectivity index (χ1n) is 8.83. The first-order chi connectivity index (χ1) is 13.3. The van der Waals surface area contributed by atoms with Gasteiger partial charge in [-0.05, 0) is 29.8 Å². The summed E-state index contributed by atoms with van der Waals surface area (Å²) in [7, 11) is 1.80. The molecule has 4 nitrogen and oxygen atoms in total. The lowest BCUT2D eigenvalue weighted by atomic mass is 10.1. The molecule has 7 heteroatoms. The van der Waals surface area contributed by atoms with Gasteiger partial charge in [0.25, 0.3) is 0 Å². The maximum absolute atomic E-state index is 14.0. The zero-order valence-electron chi connectivity index (χ0n) is 15.8. The van der Waals surface area contributed by atoms with E-state index in [1.165, 1.54) is 6.07 Å². The summed E-state index contributed by atoms with van der Waals surface area (Å²) < 4.78 is 27.5. The van der Waals surface area contributed by atoms with Gasteiger partial charge in [0.15, 0.2) is 16.8 Å². The minimum Gasteiger partial charge on any atom is -0.352 e. The van der Waals surface area contributed by atoms with E-state index in [1.54, 1.807) is 13.1 Å². The van der Waals surface area contributed by atoms with Crippen molar-refractivity contribution < 1.29 is 13.6 Å². The molecule has 0 radical (unpaired) electrons. The number of carbonyl (C=O) groups excluding carboxylic acids is 1. The monoisotopic (exact) mass is 403 g/mol. The van der Waals surface area contributed by atoms with Gasteiger partial charge in [0.2, 0.25) is 5.91 Å². The van der Waals surface area contributed by atoms with Crippen LogP contribution >= 0.6 is 11.6 Å². The van der Waals surface area contributed by atoms with Crippen LogP contribution in [0.4, 0.5) is 20.2 Å². The number of rotatable bonds is 5. The number of hydrogen-bond acceptors (Lipinski definition) is 3. The van der Waals surface area contributed by atoms with E-state index < -0.39 is 11.6 Å². The van der Waals surface area contributed by atoms with Crippen molar-refractivity contribution in [2.24, 2.45) is 5.92 Å². The van der Waals surface area contributed by atoms with Crippen molar-refractivity contribution in [3.05, 3.63) is 64.8 Å². The molecule has 28 heavy (non-hydrogen) atoms. The highest BCUT2D eigenvalue weighted by molar-refractivity contribution is 6.32. The molecule has 0 fully saturated rings. The van der Waals surface area contributed by atoms with E-state index in [9.17, 15) is 13.6 Å². The predicted molar refractivity (Wildman–Crippen MR) is 108 cm³/mol. The fourth-order valence-electron chi connectivity index (χ4n) is 2.89. The Morgan fingerprint density at radius 1 is 1.18 bits per heavy atom. The maximum Gasteiger partial charge on any atom is 0.222 e. The molecule has 0 spiro atoms. The van der Waals surface area contributed by atoms with Crippen molar-refractivity contribution in [2.45, 2.75) is 20.4 Å². The molecule has 0 aliphatic carbocycles. The lowest BCUT2D eigenvalue weighted by Gasteiger charge is -2.24. The molecule has 0 bridgehead atoms. The number of pyridine rings is 1. The van der Waals surface area contributed by atoms with Gasteiger partial charge in [-0.15, -0.1) is 0 Å². The lowest BCUT2D eigenvalue weighted by Crippen LogP contribution is -2.28. The van der Waals surface area contributed by atoms with E-state index in [0.717, 1.165) is 17.3 Å². The predicted octanol–water partition coefficient (Wildman–Crippen LogP) is 5.21. The molecule has 0 aliphatic rings. The molecule has 3 aromatic rings. The van der Waals surface area contributed by atoms with Crippen LogP contribution in [0.5, 0.6) is 0 Å². The minimum atomic E-state index is -1.02. The van der Waals surface area contributed by atoms with Gasteiger partial charge in [0.05, 0.1) is 5.69 Å². The van der Waals surface area contributed by atoms with Crippen molar-refractivity contribution in [1.82, 2.24) is 10.3 Å². The summed E-state index contributed by atoms with van der Waals surface area (Å²) in [6, 6.07) is 11.7. The second-order valence-electron chi connectivity index (χ2n) is 6.79. The summed E-state index contributed by atoms with van der Waals surface area (Å²) in [4.78, 5) is 17.8. The third kappa shape index (κ3) is 3.92. The van der Waals surface area contributed by atoms with Crippen LogP contribution in [0.2, 0.25) is 5.15 Å². The van der Waals surface area contributed by atoms with Crippen molar-refractivity contribution in [3.8, 4) is 0 Å². The number of nitrogens with zero attached hydrogens (tertiary/aromatic N) is 2. The first kappa shape index (κ1) is 20.0. The first-order valence-corrected chi connectivity index (χ1v) is 9.21. The second kappa shape index (κ2) is 8.10. The number of amides is 1. The lowest BCUT2D eigenvalue weighted by molar-refractivity contribution is -0.124. The number of nitrogens with one attached hydrogen (secondary N) is 1. The molecule has 3 rings (SSSR count). The van der Waals surface area contributed by atoms with Gasteiger partial charge in [-0.25, -0.2) is 13.8 Å². The third-order valence-electron chi connectivity index (χ3n) is 4.51. The Morgan fingerprint density at radius 3 is 2.61 bits per heavy atom. The van der Waals surface area contributed by atoms with Crippen molar-refractivity contribution in [2.75, 3.05) is 11.9 Å². The Bertz CT molecular complexity index is 1040. The van der Waals surface area contributed by atoms with Crippen LogP contribution in [-0.2, 0) is 11.3 Å². The van der Waals surface area contributed by atoms with Gasteiger partial charge >= 0.3 is 0 Å². The number of benzene rings is 2. The number of carbonyl (C=O) groups is 1. The van der Waals surface area contributed by atoms with E-state index in [-0.39, 0.29) is 22.5 Å². The van der Waals surface area contributed by atoms with Gasteiger partial charge < -0.3 is 10.2 Å². The molecular formula is C21H20ClF2N3O. The molecular weight excluding hydrogens is 384 g/mol. The molecule has 0 saturated carbocycles. The Morgan fingerprint density at radius 2 is 1.89 bits per heavy atom. The van der Waals surface area contributed by atoms with E-state index in [4.69, 9.17) is 11.6 Å². The standard InChI is InChI=1S/C21H20ClF2N3O/c1-12(2)21(28)25-11-14-6-4-5-7-16(14)27(3)17-10-13-8-9-15(23)18(24)19(13)26-20(17)22/h4-10,12H,11H2,1-3H3,(H,25,28). The van der Waals surface area contributed by atoms with E-state index >= 15 is 0 Å². The zero-order valence-corrected chi connectivity index (χ0v) is 16.5. The van der Waals surface area contributed by atoms with Gasteiger partial charge in [0, 0.05) is 30.6 Å². The second-order valence-corrected chi connectivity index (χ2v) is 7.15. The number of hydrogen-bond donors (Lipinski definition) is 1. The van der Waals surface area contributed by atoms with Gasteiger partial charge in [-0.1, -0.05) is 43.6 Å². The summed E-state index contributed by atoms with van der Waals surface area (Å²) in [6.45, 7) is 4.02. The molecule has 2 aromatic carbocycles. The van der Waals surface area contributed by atoms with Crippen LogP contribution in [0.25, 0.3) is 10.9 Å². The highest BCUT2D eigenvalue weighted by Gasteiger charge is 2.17. The smallest absolute Gasteiger partial charge is 0.222 e. The Labute approximate surface area is 167 Å². The van der Waals surface area contributed by atoms with Crippen LogP contribution in [0.15, 0.2) is 42.5 Å². The summed E-state index contributed by atoms with van der Waals surface area (Å²) in [5.41, 5.74) is 2.14. The molecule has 1 amide bonds. The van der Waals surface area contributed by atoms with Crippen LogP contribution in [0.1, 0.15) is 19.4 Å². The van der Waals surface area contributed by atoms with Gasteiger partial charge in [0.1, 0.15) is 5.52 Å². The molecule has 0 unspecified atom stereocenters. The number of aromatic nitrogens is 1. The Kier molecular flexibility index (Phi) is 5.79. The van der Waals surface area contributed by atoms with E-state index in [1.807, 2.05) is 43.0 Å². The largest absolute Gasteiger partial charge is 0.352 e. The number of anilines is 2. The Balaban J connectivity index is 1.98. The summed E-state index contributed by atoms with van der Waals surface area (Å²) in [5.74, 6) is -2.14. The average Bonchev–Trinajstić information content (AvgIpc) is 2.68. The van der Waals surface area contributed by atoms with Crippen LogP contribution in [0.3, 0.4) is 0 Å². The van der Waals surface area contributed by atoms with Crippen molar-refractivity contribution in [3.63, 3.8) is 0 Å². The number of para-hydroxylation sites is 1. The van der Waals surface area contributed by atoms with Gasteiger partial charge in [-0.3, -0.25) is 4.79 Å². The molecule has 146 valence electrons. The van der Waals surface area contributed by atoms with Crippen LogP contribution < -0.4 is 10.2 Å². The van der Waals surface area contributed by atoms with Crippen LogP contribution in [0, 0.1) is 17.6 Å². The molecule has 1 N–H and O–H groups in total. The number of fused-ring (bicyclic) bond motifs is 1. The molecule has 0 saturated heterocycles. The van der Waals surface area contributed by atoms with E-state index in [0.29, 0.717) is 17.6 Å². The summed E-state index contributed by atoms with van der Waals surface area (Å²) >= 11 is 6.28. The number of halogens is 3.